The molecule has 108 valence electrons. The Hall–Kier alpha value is -2.15. The molecule has 0 saturated carbocycles. The van der Waals surface area contributed by atoms with Crippen molar-refractivity contribution in [1.29, 1.82) is 0 Å². The molecular weight excluding hydrogens is 259 g/mol. The molecule has 0 atom stereocenters. The standard InChI is InChI=1S/C12H14.C8H7F/c1-2-6-11(5-1)9-10-12-7-3-4-8-12;9-7-6-8-4-2-1-3-5-8/h1-5,7H,6,8-10H2;1-7H. The lowest BCUT2D eigenvalue weighted by Crippen LogP contribution is -1.82. The number of allylic oxidation sites excluding steroid dienone is 8. The van der Waals surface area contributed by atoms with E-state index >= 15 is 0 Å². The second kappa shape index (κ2) is 8.91. The molecule has 0 N–H and O–H groups in total. The number of halogens is 1. The molecular formula is C20H21F. The first-order valence-corrected chi connectivity index (χ1v) is 7.39. The second-order valence-electron chi connectivity index (χ2n) is 5.12. The van der Waals surface area contributed by atoms with Gasteiger partial charge < -0.3 is 0 Å². The fourth-order valence-electron chi connectivity index (χ4n) is 2.31. The maximum atomic E-state index is 11.5. The molecule has 0 saturated heterocycles. The van der Waals surface area contributed by atoms with Crippen molar-refractivity contribution in [2.75, 3.05) is 0 Å². The monoisotopic (exact) mass is 280 g/mol. The zero-order valence-corrected chi connectivity index (χ0v) is 12.2. The molecule has 2 aliphatic rings. The van der Waals surface area contributed by atoms with E-state index in [1.807, 2.05) is 30.3 Å². The first-order chi connectivity index (χ1) is 10.4. The molecule has 1 aromatic rings. The van der Waals surface area contributed by atoms with Crippen LogP contribution in [-0.4, -0.2) is 0 Å². The lowest BCUT2D eigenvalue weighted by Gasteiger charge is -2.02. The Morgan fingerprint density at radius 2 is 1.43 bits per heavy atom. The minimum absolute atomic E-state index is 0.537. The van der Waals surface area contributed by atoms with Crippen LogP contribution in [0.4, 0.5) is 4.39 Å². The van der Waals surface area contributed by atoms with E-state index in [-0.39, 0.29) is 0 Å². The summed E-state index contributed by atoms with van der Waals surface area (Å²) < 4.78 is 11.5. The molecule has 0 fully saturated rings. The Balaban J connectivity index is 0.000000161. The summed E-state index contributed by atoms with van der Waals surface area (Å²) in [4.78, 5) is 0. The van der Waals surface area contributed by atoms with Gasteiger partial charge in [-0.15, -0.1) is 0 Å². The topological polar surface area (TPSA) is 0 Å². The first-order valence-electron chi connectivity index (χ1n) is 7.39. The van der Waals surface area contributed by atoms with Gasteiger partial charge in [0.25, 0.3) is 0 Å². The fraction of sp³-hybridized carbons (Fsp3) is 0.200. The third-order valence-corrected chi connectivity index (χ3v) is 3.52. The highest BCUT2D eigenvalue weighted by atomic mass is 19.1. The van der Waals surface area contributed by atoms with Crippen molar-refractivity contribution in [3.63, 3.8) is 0 Å². The van der Waals surface area contributed by atoms with Crippen LogP contribution < -0.4 is 0 Å². The lowest BCUT2D eigenvalue weighted by atomic mass is 10.0. The third kappa shape index (κ3) is 5.78. The van der Waals surface area contributed by atoms with Gasteiger partial charge >= 0.3 is 0 Å². The quantitative estimate of drug-likeness (QED) is 0.619. The van der Waals surface area contributed by atoms with Gasteiger partial charge in [0, 0.05) is 0 Å². The predicted octanol–water partition coefficient (Wildman–Crippen LogP) is 6.17. The van der Waals surface area contributed by atoms with Crippen molar-refractivity contribution in [1.82, 2.24) is 0 Å². The zero-order chi connectivity index (χ0) is 14.8. The smallest absolute Gasteiger partial charge is 0.0872 e. The van der Waals surface area contributed by atoms with Crippen molar-refractivity contribution >= 4 is 6.08 Å². The van der Waals surface area contributed by atoms with Gasteiger partial charge in [-0.25, -0.2) is 4.39 Å². The molecule has 21 heavy (non-hydrogen) atoms. The molecule has 0 aliphatic heterocycles. The molecule has 0 radical (unpaired) electrons. The Labute approximate surface area is 126 Å². The predicted molar refractivity (Wildman–Crippen MR) is 89.5 cm³/mol. The molecule has 0 unspecified atom stereocenters. The van der Waals surface area contributed by atoms with E-state index in [1.165, 1.54) is 31.8 Å². The van der Waals surface area contributed by atoms with E-state index in [0.717, 1.165) is 5.56 Å². The van der Waals surface area contributed by atoms with Crippen LogP contribution in [0.25, 0.3) is 6.08 Å². The van der Waals surface area contributed by atoms with Gasteiger partial charge in [-0.05, 0) is 37.3 Å². The van der Waals surface area contributed by atoms with Crippen LogP contribution in [0.1, 0.15) is 31.2 Å². The SMILES string of the molecule is C1=CCC(CCC2=CC=CC2)=C1.FC=Cc1ccccc1. The van der Waals surface area contributed by atoms with E-state index in [0.29, 0.717) is 6.33 Å². The summed E-state index contributed by atoms with van der Waals surface area (Å²) in [5.41, 5.74) is 4.06. The highest BCUT2D eigenvalue weighted by Gasteiger charge is 2.02. The number of hydrogen-bond donors (Lipinski definition) is 0. The Morgan fingerprint density at radius 3 is 1.86 bits per heavy atom. The molecule has 0 bridgehead atoms. The van der Waals surface area contributed by atoms with Crippen LogP contribution in [0.15, 0.2) is 84.3 Å². The van der Waals surface area contributed by atoms with E-state index in [9.17, 15) is 4.39 Å². The highest BCUT2D eigenvalue weighted by molar-refractivity contribution is 5.47. The summed E-state index contributed by atoms with van der Waals surface area (Å²) in [6, 6.07) is 9.33. The van der Waals surface area contributed by atoms with E-state index in [4.69, 9.17) is 0 Å². The van der Waals surface area contributed by atoms with Gasteiger partial charge in [-0.3, -0.25) is 0 Å². The summed E-state index contributed by atoms with van der Waals surface area (Å²) in [6.07, 6.45) is 20.1. The van der Waals surface area contributed by atoms with Crippen LogP contribution >= 0.6 is 0 Å². The van der Waals surface area contributed by atoms with Gasteiger partial charge in [0.2, 0.25) is 0 Å². The van der Waals surface area contributed by atoms with E-state index < -0.39 is 0 Å². The highest BCUT2D eigenvalue weighted by Crippen LogP contribution is 2.22. The van der Waals surface area contributed by atoms with Crippen LogP contribution in [0.2, 0.25) is 0 Å². The lowest BCUT2D eigenvalue weighted by molar-refractivity contribution is 0.727. The maximum absolute atomic E-state index is 11.5. The van der Waals surface area contributed by atoms with Crippen molar-refractivity contribution in [2.24, 2.45) is 0 Å². The minimum Gasteiger partial charge on any atom is -0.216 e. The third-order valence-electron chi connectivity index (χ3n) is 3.52. The molecule has 0 spiro atoms. The maximum Gasteiger partial charge on any atom is 0.0872 e. The average Bonchev–Trinajstić information content (AvgIpc) is 3.21. The average molecular weight is 280 g/mol. The largest absolute Gasteiger partial charge is 0.216 e. The first kappa shape index (κ1) is 15.2. The summed E-state index contributed by atoms with van der Waals surface area (Å²) >= 11 is 0. The molecule has 1 aromatic carbocycles. The molecule has 0 heterocycles. The van der Waals surface area contributed by atoms with Crippen LogP contribution in [0.5, 0.6) is 0 Å². The van der Waals surface area contributed by atoms with Crippen LogP contribution in [0.3, 0.4) is 0 Å². The summed E-state index contributed by atoms with van der Waals surface area (Å²) in [6.45, 7) is 0. The number of rotatable bonds is 4. The Bertz CT molecular complexity index is 541. The van der Waals surface area contributed by atoms with E-state index in [1.54, 1.807) is 11.1 Å². The van der Waals surface area contributed by atoms with Gasteiger partial charge in [0.05, 0.1) is 6.33 Å². The fourth-order valence-corrected chi connectivity index (χ4v) is 2.31. The van der Waals surface area contributed by atoms with Crippen molar-refractivity contribution < 1.29 is 4.39 Å². The van der Waals surface area contributed by atoms with Crippen LogP contribution in [0, 0.1) is 0 Å². The second-order valence-corrected chi connectivity index (χ2v) is 5.12. The molecule has 2 aliphatic carbocycles. The number of benzene rings is 1. The summed E-state index contributed by atoms with van der Waals surface area (Å²) in [7, 11) is 0. The molecule has 0 nitrogen and oxygen atoms in total. The molecule has 0 aromatic heterocycles. The van der Waals surface area contributed by atoms with Crippen molar-refractivity contribution in [3.8, 4) is 0 Å². The summed E-state index contributed by atoms with van der Waals surface area (Å²) in [5, 5.41) is 0. The van der Waals surface area contributed by atoms with Gasteiger partial charge in [0.15, 0.2) is 0 Å². The minimum atomic E-state index is 0.537. The Kier molecular flexibility index (Phi) is 6.47. The van der Waals surface area contributed by atoms with Gasteiger partial charge in [-0.2, -0.15) is 0 Å². The molecule has 1 heteroatoms. The zero-order valence-electron chi connectivity index (χ0n) is 12.2. The van der Waals surface area contributed by atoms with Crippen molar-refractivity contribution in [2.45, 2.75) is 25.7 Å². The number of hydrogen-bond acceptors (Lipinski definition) is 0. The molecule has 3 rings (SSSR count). The summed E-state index contributed by atoms with van der Waals surface area (Å²) in [5.74, 6) is 0. The molecule has 0 amide bonds. The van der Waals surface area contributed by atoms with Crippen molar-refractivity contribution in [3.05, 3.63) is 89.8 Å². The van der Waals surface area contributed by atoms with E-state index in [2.05, 4.69) is 36.5 Å². The van der Waals surface area contributed by atoms with Gasteiger partial charge in [-0.1, -0.05) is 77.9 Å². The van der Waals surface area contributed by atoms with Gasteiger partial charge in [0.1, 0.15) is 0 Å². The van der Waals surface area contributed by atoms with Crippen LogP contribution in [-0.2, 0) is 0 Å². The Morgan fingerprint density at radius 1 is 0.857 bits per heavy atom. The normalized spacial score (nSPS) is 15.9.